The van der Waals surface area contributed by atoms with E-state index in [1.54, 1.807) is 12.1 Å². The SMILES string of the molecule is CCCNCC(=O)Nc1ccc(C)c(C2(Cc3ccc(Oc4cc(F)c(F)cc4F)cc3)CCNCC2)c1.Cl.Cl. The molecule has 1 heterocycles. The summed E-state index contributed by atoms with van der Waals surface area (Å²) in [6.45, 7) is 6.99. The fraction of sp³-hybridized carbons (Fsp3) is 0.367. The fourth-order valence-corrected chi connectivity index (χ4v) is 5.08. The Labute approximate surface area is 246 Å². The molecule has 10 heteroatoms. The lowest BCUT2D eigenvalue weighted by molar-refractivity contribution is -0.115. The minimum Gasteiger partial charge on any atom is -0.454 e. The van der Waals surface area contributed by atoms with E-state index in [0.717, 1.165) is 56.6 Å². The van der Waals surface area contributed by atoms with Crippen molar-refractivity contribution in [3.63, 3.8) is 0 Å². The van der Waals surface area contributed by atoms with Crippen LogP contribution in [0.15, 0.2) is 54.6 Å². The molecule has 3 N–H and O–H groups in total. The van der Waals surface area contributed by atoms with Gasteiger partial charge in [0.2, 0.25) is 5.91 Å². The molecule has 5 nitrogen and oxygen atoms in total. The molecule has 0 radical (unpaired) electrons. The van der Waals surface area contributed by atoms with Crippen LogP contribution in [0.5, 0.6) is 11.5 Å². The minimum absolute atomic E-state index is 0. The van der Waals surface area contributed by atoms with Crippen LogP contribution in [0.4, 0.5) is 18.9 Å². The van der Waals surface area contributed by atoms with Crippen LogP contribution in [-0.2, 0) is 16.6 Å². The zero-order valence-electron chi connectivity index (χ0n) is 22.6. The van der Waals surface area contributed by atoms with Gasteiger partial charge in [-0.25, -0.2) is 13.2 Å². The average molecular weight is 599 g/mol. The number of hydrogen-bond acceptors (Lipinski definition) is 4. The number of piperidine rings is 1. The van der Waals surface area contributed by atoms with E-state index >= 15 is 0 Å². The topological polar surface area (TPSA) is 62.4 Å². The Balaban J connectivity index is 0.00000280. The summed E-state index contributed by atoms with van der Waals surface area (Å²) < 4.78 is 46.2. The van der Waals surface area contributed by atoms with Gasteiger partial charge in [0.15, 0.2) is 23.2 Å². The molecule has 0 atom stereocenters. The summed E-state index contributed by atoms with van der Waals surface area (Å²) in [6.07, 6.45) is 3.60. The predicted molar refractivity (Wildman–Crippen MR) is 158 cm³/mol. The largest absolute Gasteiger partial charge is 0.454 e. The van der Waals surface area contributed by atoms with Crippen molar-refractivity contribution >= 4 is 36.4 Å². The van der Waals surface area contributed by atoms with Gasteiger partial charge < -0.3 is 20.7 Å². The molecule has 3 aromatic rings. The highest BCUT2D eigenvalue weighted by Gasteiger charge is 2.35. The number of aryl methyl sites for hydroxylation is 1. The van der Waals surface area contributed by atoms with E-state index in [1.807, 2.05) is 18.2 Å². The molecule has 0 bridgehead atoms. The van der Waals surface area contributed by atoms with Crippen molar-refractivity contribution in [3.05, 3.63) is 88.7 Å². The van der Waals surface area contributed by atoms with Gasteiger partial charge in [-0.1, -0.05) is 25.1 Å². The summed E-state index contributed by atoms with van der Waals surface area (Å²) in [5.74, 6) is -3.51. The summed E-state index contributed by atoms with van der Waals surface area (Å²) >= 11 is 0. The predicted octanol–water partition coefficient (Wildman–Crippen LogP) is 6.85. The van der Waals surface area contributed by atoms with Gasteiger partial charge in [-0.3, -0.25) is 4.79 Å². The summed E-state index contributed by atoms with van der Waals surface area (Å²) in [5.41, 5.74) is 4.10. The molecule has 3 aromatic carbocycles. The molecule has 0 aliphatic carbocycles. The van der Waals surface area contributed by atoms with Crippen LogP contribution in [-0.4, -0.2) is 32.1 Å². The highest BCUT2D eigenvalue weighted by atomic mass is 35.5. The first-order valence-corrected chi connectivity index (χ1v) is 13.0. The number of ether oxygens (including phenoxy) is 1. The molecule has 0 spiro atoms. The molecule has 1 saturated heterocycles. The normalized spacial score (nSPS) is 14.0. The van der Waals surface area contributed by atoms with Crippen molar-refractivity contribution in [2.75, 3.05) is 31.5 Å². The second-order valence-electron chi connectivity index (χ2n) is 9.90. The zero-order chi connectivity index (χ0) is 27.1. The number of nitrogens with one attached hydrogen (secondary N) is 3. The van der Waals surface area contributed by atoms with Crippen molar-refractivity contribution in [3.8, 4) is 11.5 Å². The maximum Gasteiger partial charge on any atom is 0.238 e. The van der Waals surface area contributed by atoms with Gasteiger partial charge in [-0.2, -0.15) is 0 Å². The van der Waals surface area contributed by atoms with E-state index in [2.05, 4.69) is 41.9 Å². The standard InChI is InChI=1S/C30H34F3N3O2.2ClH/c1-3-12-35-19-29(37)36-22-7-4-20(2)24(15-22)30(10-13-34-14-11-30)18-21-5-8-23(9-6-21)38-28-17-26(32)25(31)16-27(28)33;;/h4-9,15-17,34-35H,3,10-14,18-19H2,1-2H3,(H,36,37);2*1H. The van der Waals surface area contributed by atoms with E-state index in [4.69, 9.17) is 4.74 Å². The van der Waals surface area contributed by atoms with E-state index < -0.39 is 17.5 Å². The van der Waals surface area contributed by atoms with Crippen molar-refractivity contribution in [1.82, 2.24) is 10.6 Å². The minimum atomic E-state index is -1.26. The number of anilines is 1. The van der Waals surface area contributed by atoms with Gasteiger partial charge in [0, 0.05) is 23.2 Å². The molecular formula is C30H36Cl2F3N3O2. The number of carbonyl (C=O) groups excluding carboxylic acids is 1. The van der Waals surface area contributed by atoms with Crippen LogP contribution in [0.1, 0.15) is 42.9 Å². The maximum atomic E-state index is 14.0. The van der Waals surface area contributed by atoms with E-state index in [-0.39, 0.29) is 48.4 Å². The van der Waals surface area contributed by atoms with Gasteiger partial charge >= 0.3 is 0 Å². The molecule has 1 aliphatic rings. The highest BCUT2D eigenvalue weighted by Crippen LogP contribution is 2.40. The number of carbonyl (C=O) groups is 1. The molecule has 218 valence electrons. The molecule has 4 rings (SSSR count). The lowest BCUT2D eigenvalue weighted by Crippen LogP contribution is -2.42. The number of hydrogen-bond donors (Lipinski definition) is 3. The van der Waals surface area contributed by atoms with Crippen molar-refractivity contribution in [1.29, 1.82) is 0 Å². The zero-order valence-corrected chi connectivity index (χ0v) is 24.3. The second kappa shape index (κ2) is 15.3. The molecule has 40 heavy (non-hydrogen) atoms. The van der Waals surface area contributed by atoms with E-state index in [9.17, 15) is 18.0 Å². The second-order valence-corrected chi connectivity index (χ2v) is 9.90. The first-order chi connectivity index (χ1) is 18.3. The van der Waals surface area contributed by atoms with Crippen molar-refractivity contribution < 1.29 is 22.7 Å². The van der Waals surface area contributed by atoms with Gasteiger partial charge in [0.1, 0.15) is 5.75 Å². The number of benzene rings is 3. The molecule has 1 fully saturated rings. The molecule has 1 aliphatic heterocycles. The first-order valence-electron chi connectivity index (χ1n) is 13.0. The Morgan fingerprint density at radius 2 is 1.62 bits per heavy atom. The number of halogens is 5. The Morgan fingerprint density at radius 1 is 0.950 bits per heavy atom. The summed E-state index contributed by atoms with van der Waals surface area (Å²) in [7, 11) is 0. The quantitative estimate of drug-likeness (QED) is 0.177. The third-order valence-electron chi connectivity index (χ3n) is 7.03. The summed E-state index contributed by atoms with van der Waals surface area (Å²) in [5, 5.41) is 9.59. The van der Waals surface area contributed by atoms with Gasteiger partial charge in [-0.15, -0.1) is 24.8 Å². The smallest absolute Gasteiger partial charge is 0.238 e. The van der Waals surface area contributed by atoms with Crippen LogP contribution >= 0.6 is 24.8 Å². The fourth-order valence-electron chi connectivity index (χ4n) is 5.08. The third-order valence-corrected chi connectivity index (χ3v) is 7.03. The summed E-state index contributed by atoms with van der Waals surface area (Å²) in [4.78, 5) is 12.4. The molecule has 0 unspecified atom stereocenters. The average Bonchev–Trinajstić information content (AvgIpc) is 2.90. The number of amides is 1. The van der Waals surface area contributed by atoms with Crippen LogP contribution in [0.2, 0.25) is 0 Å². The molecule has 0 aromatic heterocycles. The van der Waals surface area contributed by atoms with E-state index in [0.29, 0.717) is 17.9 Å². The Morgan fingerprint density at radius 3 is 2.30 bits per heavy atom. The summed E-state index contributed by atoms with van der Waals surface area (Å²) in [6, 6.07) is 14.5. The highest BCUT2D eigenvalue weighted by molar-refractivity contribution is 5.92. The van der Waals surface area contributed by atoms with Crippen molar-refractivity contribution in [2.45, 2.75) is 44.9 Å². The molecule has 0 saturated carbocycles. The number of rotatable bonds is 10. The lowest BCUT2D eigenvalue weighted by atomic mass is 9.68. The van der Waals surface area contributed by atoms with E-state index in [1.165, 1.54) is 11.1 Å². The lowest BCUT2D eigenvalue weighted by Gasteiger charge is -2.40. The van der Waals surface area contributed by atoms with Gasteiger partial charge in [0.05, 0.1) is 6.54 Å². The van der Waals surface area contributed by atoms with Crippen LogP contribution in [0, 0.1) is 24.4 Å². The van der Waals surface area contributed by atoms with Gasteiger partial charge in [-0.05, 0) is 93.2 Å². The van der Waals surface area contributed by atoms with Crippen molar-refractivity contribution in [2.24, 2.45) is 0 Å². The molecule has 1 amide bonds. The van der Waals surface area contributed by atoms with Crippen LogP contribution in [0.25, 0.3) is 0 Å². The van der Waals surface area contributed by atoms with Gasteiger partial charge in [0.25, 0.3) is 0 Å². The third kappa shape index (κ3) is 8.36. The maximum absolute atomic E-state index is 14.0. The molecular weight excluding hydrogens is 562 g/mol. The van der Waals surface area contributed by atoms with Crippen LogP contribution in [0.3, 0.4) is 0 Å². The Kier molecular flexibility index (Phi) is 12.8. The monoisotopic (exact) mass is 597 g/mol. The Hall–Kier alpha value is -2.78. The van der Waals surface area contributed by atoms with Crippen LogP contribution < -0.4 is 20.7 Å². The first kappa shape index (κ1) is 33.4. The Bertz CT molecular complexity index is 1270.